The standard InChI is InChI=1S/C7H15NO2/c1-2-8-4-3-7-9-5-6-10-7/h7-8H,2-6H2,1H3. The lowest BCUT2D eigenvalue weighted by Gasteiger charge is -2.07. The maximum Gasteiger partial charge on any atom is 0.159 e. The van der Waals surface area contributed by atoms with E-state index < -0.39 is 0 Å². The van der Waals surface area contributed by atoms with Gasteiger partial charge in [-0.1, -0.05) is 6.92 Å². The Kier molecular flexibility index (Phi) is 3.72. The molecular weight excluding hydrogens is 130 g/mol. The fraction of sp³-hybridized carbons (Fsp3) is 1.00. The largest absolute Gasteiger partial charge is 0.350 e. The zero-order valence-corrected chi connectivity index (χ0v) is 6.43. The van der Waals surface area contributed by atoms with E-state index >= 15 is 0 Å². The van der Waals surface area contributed by atoms with Gasteiger partial charge in [0, 0.05) is 6.42 Å². The van der Waals surface area contributed by atoms with E-state index in [0.717, 1.165) is 32.7 Å². The van der Waals surface area contributed by atoms with Crippen molar-refractivity contribution in [2.24, 2.45) is 0 Å². The summed E-state index contributed by atoms with van der Waals surface area (Å²) in [6, 6.07) is 0. The topological polar surface area (TPSA) is 30.5 Å². The maximum absolute atomic E-state index is 5.24. The number of ether oxygens (including phenoxy) is 2. The van der Waals surface area contributed by atoms with E-state index in [4.69, 9.17) is 9.47 Å². The molecule has 0 aromatic carbocycles. The summed E-state index contributed by atoms with van der Waals surface area (Å²) in [5.74, 6) is 0. The van der Waals surface area contributed by atoms with Crippen LogP contribution >= 0.6 is 0 Å². The van der Waals surface area contributed by atoms with Gasteiger partial charge in [-0.05, 0) is 13.1 Å². The predicted octanol–water partition coefficient (Wildman–Crippen LogP) is 0.359. The molecule has 0 aromatic rings. The number of nitrogens with one attached hydrogen (secondary N) is 1. The number of hydrogen-bond donors (Lipinski definition) is 1. The highest BCUT2D eigenvalue weighted by molar-refractivity contribution is 4.53. The third-order valence-corrected chi connectivity index (χ3v) is 1.50. The van der Waals surface area contributed by atoms with Gasteiger partial charge < -0.3 is 14.8 Å². The molecule has 0 amide bonds. The molecule has 1 N–H and O–H groups in total. The summed E-state index contributed by atoms with van der Waals surface area (Å²) in [6.07, 6.45) is 1.02. The Balaban J connectivity index is 1.91. The van der Waals surface area contributed by atoms with Crippen molar-refractivity contribution in [3.8, 4) is 0 Å². The fourth-order valence-electron chi connectivity index (χ4n) is 0.971. The molecule has 1 aliphatic rings. The molecule has 0 bridgehead atoms. The van der Waals surface area contributed by atoms with Crippen molar-refractivity contribution in [2.75, 3.05) is 26.3 Å². The third-order valence-electron chi connectivity index (χ3n) is 1.50. The Bertz CT molecular complexity index is 81.7. The van der Waals surface area contributed by atoms with Gasteiger partial charge in [0.1, 0.15) is 0 Å². The minimum absolute atomic E-state index is 0.0547. The van der Waals surface area contributed by atoms with E-state index in [1.54, 1.807) is 0 Å². The van der Waals surface area contributed by atoms with Crippen molar-refractivity contribution in [3.63, 3.8) is 0 Å². The van der Waals surface area contributed by atoms with E-state index in [0.29, 0.717) is 0 Å². The molecule has 1 saturated heterocycles. The molecule has 3 nitrogen and oxygen atoms in total. The van der Waals surface area contributed by atoms with Gasteiger partial charge in [0.15, 0.2) is 6.29 Å². The molecule has 10 heavy (non-hydrogen) atoms. The molecule has 1 fully saturated rings. The van der Waals surface area contributed by atoms with Gasteiger partial charge in [0.05, 0.1) is 13.2 Å². The average molecular weight is 145 g/mol. The van der Waals surface area contributed by atoms with E-state index in [2.05, 4.69) is 12.2 Å². The Morgan fingerprint density at radius 1 is 1.40 bits per heavy atom. The van der Waals surface area contributed by atoms with Crippen LogP contribution in [0.4, 0.5) is 0 Å². The second kappa shape index (κ2) is 4.66. The smallest absolute Gasteiger partial charge is 0.159 e. The molecule has 0 aromatic heterocycles. The summed E-state index contributed by atoms with van der Waals surface area (Å²) in [6.45, 7) is 5.62. The van der Waals surface area contributed by atoms with Crippen molar-refractivity contribution in [1.29, 1.82) is 0 Å². The Hall–Kier alpha value is -0.120. The van der Waals surface area contributed by atoms with E-state index in [1.165, 1.54) is 0 Å². The first-order chi connectivity index (χ1) is 4.93. The van der Waals surface area contributed by atoms with Crippen molar-refractivity contribution in [1.82, 2.24) is 5.32 Å². The molecule has 0 radical (unpaired) electrons. The highest BCUT2D eigenvalue weighted by Gasteiger charge is 2.14. The monoisotopic (exact) mass is 145 g/mol. The lowest BCUT2D eigenvalue weighted by Crippen LogP contribution is -2.20. The highest BCUT2D eigenvalue weighted by Crippen LogP contribution is 2.05. The van der Waals surface area contributed by atoms with Gasteiger partial charge in [-0.2, -0.15) is 0 Å². The van der Waals surface area contributed by atoms with Crippen LogP contribution in [0, 0.1) is 0 Å². The Morgan fingerprint density at radius 2 is 2.10 bits per heavy atom. The van der Waals surface area contributed by atoms with Crippen LogP contribution in [-0.4, -0.2) is 32.6 Å². The first-order valence-electron chi connectivity index (χ1n) is 3.87. The summed E-state index contributed by atoms with van der Waals surface area (Å²) < 4.78 is 10.5. The molecule has 60 valence electrons. The quantitative estimate of drug-likeness (QED) is 0.579. The molecule has 1 heterocycles. The van der Waals surface area contributed by atoms with Crippen LogP contribution < -0.4 is 5.32 Å². The van der Waals surface area contributed by atoms with Crippen molar-refractivity contribution >= 4 is 0 Å². The molecule has 0 aliphatic carbocycles. The predicted molar refractivity (Wildman–Crippen MR) is 38.9 cm³/mol. The highest BCUT2D eigenvalue weighted by atomic mass is 16.7. The SMILES string of the molecule is CCNCCC1OCCO1. The van der Waals surface area contributed by atoms with Crippen LogP contribution in [0.15, 0.2) is 0 Å². The summed E-state index contributed by atoms with van der Waals surface area (Å²) in [4.78, 5) is 0. The van der Waals surface area contributed by atoms with Crippen molar-refractivity contribution in [3.05, 3.63) is 0 Å². The van der Waals surface area contributed by atoms with E-state index in [9.17, 15) is 0 Å². The van der Waals surface area contributed by atoms with Crippen LogP contribution in [-0.2, 0) is 9.47 Å². The fourth-order valence-corrected chi connectivity index (χ4v) is 0.971. The van der Waals surface area contributed by atoms with Crippen LogP contribution in [0.1, 0.15) is 13.3 Å². The van der Waals surface area contributed by atoms with Gasteiger partial charge in [0.2, 0.25) is 0 Å². The molecular formula is C7H15NO2. The van der Waals surface area contributed by atoms with Crippen molar-refractivity contribution < 1.29 is 9.47 Å². The summed E-state index contributed by atoms with van der Waals surface area (Å²) in [5.41, 5.74) is 0. The normalized spacial score (nSPS) is 20.1. The second-order valence-electron chi connectivity index (χ2n) is 2.31. The lowest BCUT2D eigenvalue weighted by molar-refractivity contribution is -0.0458. The Morgan fingerprint density at radius 3 is 2.70 bits per heavy atom. The van der Waals surface area contributed by atoms with Gasteiger partial charge >= 0.3 is 0 Å². The van der Waals surface area contributed by atoms with Gasteiger partial charge in [0.25, 0.3) is 0 Å². The first kappa shape index (κ1) is 7.98. The van der Waals surface area contributed by atoms with Gasteiger partial charge in [-0.25, -0.2) is 0 Å². The molecule has 1 rings (SSSR count). The number of hydrogen-bond acceptors (Lipinski definition) is 3. The van der Waals surface area contributed by atoms with Gasteiger partial charge in [-0.15, -0.1) is 0 Å². The molecule has 0 atom stereocenters. The minimum Gasteiger partial charge on any atom is -0.350 e. The molecule has 3 heteroatoms. The molecule has 0 unspecified atom stereocenters. The maximum atomic E-state index is 5.24. The van der Waals surface area contributed by atoms with E-state index in [1.807, 2.05) is 0 Å². The summed E-state index contributed by atoms with van der Waals surface area (Å²) in [7, 11) is 0. The third kappa shape index (κ3) is 2.64. The molecule has 0 spiro atoms. The first-order valence-corrected chi connectivity index (χ1v) is 3.87. The number of rotatable bonds is 4. The molecule has 0 saturated carbocycles. The van der Waals surface area contributed by atoms with Crippen LogP contribution in [0.3, 0.4) is 0 Å². The summed E-state index contributed by atoms with van der Waals surface area (Å²) in [5, 5.41) is 3.22. The van der Waals surface area contributed by atoms with Crippen LogP contribution in [0.25, 0.3) is 0 Å². The zero-order chi connectivity index (χ0) is 7.23. The summed E-state index contributed by atoms with van der Waals surface area (Å²) >= 11 is 0. The molecule has 1 aliphatic heterocycles. The van der Waals surface area contributed by atoms with E-state index in [-0.39, 0.29) is 6.29 Å². The van der Waals surface area contributed by atoms with Gasteiger partial charge in [-0.3, -0.25) is 0 Å². The minimum atomic E-state index is 0.0547. The second-order valence-corrected chi connectivity index (χ2v) is 2.31. The Labute approximate surface area is 61.7 Å². The zero-order valence-electron chi connectivity index (χ0n) is 6.43. The average Bonchev–Trinajstić information content (AvgIpc) is 2.41. The van der Waals surface area contributed by atoms with Crippen molar-refractivity contribution in [2.45, 2.75) is 19.6 Å². The van der Waals surface area contributed by atoms with Crippen LogP contribution in [0.5, 0.6) is 0 Å². The van der Waals surface area contributed by atoms with Crippen LogP contribution in [0.2, 0.25) is 0 Å². The lowest BCUT2D eigenvalue weighted by atomic mass is 10.4.